The summed E-state index contributed by atoms with van der Waals surface area (Å²) < 4.78 is 26.2. The maximum atomic E-state index is 13.1. The Morgan fingerprint density at radius 3 is 2.42 bits per heavy atom. The summed E-state index contributed by atoms with van der Waals surface area (Å²) in [7, 11) is 0. The van der Waals surface area contributed by atoms with Gasteiger partial charge >= 0.3 is 0 Å². The van der Waals surface area contributed by atoms with Crippen LogP contribution in [0.15, 0.2) is 16.6 Å². The van der Waals surface area contributed by atoms with E-state index >= 15 is 0 Å². The Hall–Kier alpha value is -1.01. The molecule has 0 aliphatic rings. The number of hydrogen-bond acceptors (Lipinski definition) is 2. The third-order valence-electron chi connectivity index (χ3n) is 2.71. The summed E-state index contributed by atoms with van der Waals surface area (Å²) in [4.78, 5) is 11.8. The quantitative estimate of drug-likeness (QED) is 0.834. The van der Waals surface area contributed by atoms with Gasteiger partial charge in [0.15, 0.2) is 11.6 Å². The van der Waals surface area contributed by atoms with Crippen LogP contribution in [0.1, 0.15) is 31.1 Å². The second kappa shape index (κ2) is 5.96. The van der Waals surface area contributed by atoms with Crippen LogP contribution in [0, 0.1) is 17.0 Å². The van der Waals surface area contributed by atoms with Crippen molar-refractivity contribution in [2.75, 3.05) is 6.54 Å². The van der Waals surface area contributed by atoms with Crippen molar-refractivity contribution >= 4 is 21.8 Å². The fourth-order valence-electron chi connectivity index (χ4n) is 1.29. The van der Waals surface area contributed by atoms with E-state index in [1.54, 1.807) is 0 Å². The lowest BCUT2D eigenvalue weighted by Crippen LogP contribution is -2.39. The normalized spacial score (nSPS) is 13.2. The smallest absolute Gasteiger partial charge is 0.252 e. The summed E-state index contributed by atoms with van der Waals surface area (Å²) in [5.74, 6) is -2.70. The second-order valence-electron chi connectivity index (χ2n) is 5.34. The lowest BCUT2D eigenvalue weighted by Gasteiger charge is -2.25. The zero-order valence-electron chi connectivity index (χ0n) is 10.9. The van der Waals surface area contributed by atoms with E-state index in [0.717, 1.165) is 12.1 Å². The van der Waals surface area contributed by atoms with Crippen LogP contribution in [0.2, 0.25) is 0 Å². The number of benzene rings is 1. The van der Waals surface area contributed by atoms with Crippen LogP contribution in [0.25, 0.3) is 0 Å². The number of aliphatic hydroxyl groups excluding tert-OH is 1. The number of aliphatic hydroxyl groups is 1. The van der Waals surface area contributed by atoms with Crippen molar-refractivity contribution in [2.24, 2.45) is 5.41 Å². The topological polar surface area (TPSA) is 49.3 Å². The molecule has 0 radical (unpaired) electrons. The molecule has 0 saturated carbocycles. The first kappa shape index (κ1) is 16.0. The van der Waals surface area contributed by atoms with E-state index in [1.165, 1.54) is 0 Å². The van der Waals surface area contributed by atoms with Crippen LogP contribution in [0.4, 0.5) is 8.78 Å². The molecule has 1 aromatic carbocycles. The Labute approximate surface area is 119 Å². The molecular weight excluding hydrogens is 320 g/mol. The number of carbonyl (C=O) groups is 1. The molecule has 2 N–H and O–H groups in total. The Morgan fingerprint density at radius 1 is 1.37 bits per heavy atom. The van der Waals surface area contributed by atoms with Gasteiger partial charge in [-0.25, -0.2) is 8.78 Å². The van der Waals surface area contributed by atoms with Crippen LogP contribution in [0.5, 0.6) is 0 Å². The maximum absolute atomic E-state index is 13.1. The standard InChI is InChI=1S/C13H16BrF2NO2/c1-13(2,3)11(18)6-17-12(19)7-4-9(15)10(16)5-8(7)14/h4-5,11,18H,6H2,1-3H3,(H,17,19). The summed E-state index contributed by atoms with van der Waals surface area (Å²) in [5.41, 5.74) is -0.390. The van der Waals surface area contributed by atoms with E-state index < -0.39 is 23.6 Å². The number of carbonyl (C=O) groups excluding carboxylic acids is 1. The minimum absolute atomic E-state index is 0.0139. The summed E-state index contributed by atoms with van der Waals surface area (Å²) in [6.07, 6.45) is -0.736. The lowest BCUT2D eigenvalue weighted by atomic mass is 9.89. The van der Waals surface area contributed by atoms with Crippen molar-refractivity contribution in [1.29, 1.82) is 0 Å². The molecule has 0 fully saturated rings. The number of hydrogen-bond donors (Lipinski definition) is 2. The van der Waals surface area contributed by atoms with Crippen molar-refractivity contribution in [2.45, 2.75) is 26.9 Å². The van der Waals surface area contributed by atoms with Gasteiger partial charge in [-0.2, -0.15) is 0 Å². The first-order valence-corrected chi connectivity index (χ1v) is 6.53. The highest BCUT2D eigenvalue weighted by Crippen LogP contribution is 2.21. The monoisotopic (exact) mass is 335 g/mol. The van der Waals surface area contributed by atoms with Crippen LogP contribution >= 0.6 is 15.9 Å². The van der Waals surface area contributed by atoms with Gasteiger partial charge in [-0.3, -0.25) is 4.79 Å². The van der Waals surface area contributed by atoms with Gasteiger partial charge in [-0.1, -0.05) is 20.8 Å². The van der Waals surface area contributed by atoms with Gasteiger partial charge in [0, 0.05) is 11.0 Å². The molecule has 1 aromatic rings. The molecule has 0 heterocycles. The average Bonchev–Trinajstić information content (AvgIpc) is 2.29. The highest BCUT2D eigenvalue weighted by Gasteiger charge is 2.23. The minimum Gasteiger partial charge on any atom is -0.391 e. The Bertz CT molecular complexity index is 486. The van der Waals surface area contributed by atoms with Crippen LogP contribution in [-0.4, -0.2) is 23.7 Å². The molecule has 0 spiro atoms. The summed E-state index contributed by atoms with van der Waals surface area (Å²) in [6, 6.07) is 1.71. The second-order valence-corrected chi connectivity index (χ2v) is 6.19. The van der Waals surface area contributed by atoms with Gasteiger partial charge in [0.2, 0.25) is 0 Å². The van der Waals surface area contributed by atoms with E-state index in [9.17, 15) is 18.7 Å². The SMILES string of the molecule is CC(C)(C)C(O)CNC(=O)c1cc(F)c(F)cc1Br. The van der Waals surface area contributed by atoms with Crippen molar-refractivity contribution in [3.8, 4) is 0 Å². The summed E-state index contributed by atoms with van der Waals surface area (Å²) in [5, 5.41) is 12.3. The van der Waals surface area contributed by atoms with Crippen LogP contribution in [-0.2, 0) is 0 Å². The molecule has 1 rings (SSSR count). The molecule has 19 heavy (non-hydrogen) atoms. The molecule has 0 bridgehead atoms. The van der Waals surface area contributed by atoms with E-state index in [-0.39, 0.29) is 22.0 Å². The van der Waals surface area contributed by atoms with Gasteiger partial charge in [0.25, 0.3) is 5.91 Å². The molecule has 0 aromatic heterocycles. The molecular formula is C13H16BrF2NO2. The van der Waals surface area contributed by atoms with Gasteiger partial charge in [-0.05, 0) is 33.5 Å². The Kier molecular flexibility index (Phi) is 5.04. The summed E-state index contributed by atoms with van der Waals surface area (Å²) in [6.45, 7) is 5.53. The van der Waals surface area contributed by atoms with E-state index in [1.807, 2.05) is 20.8 Å². The molecule has 1 atom stereocenters. The fraction of sp³-hybridized carbons (Fsp3) is 0.462. The number of amides is 1. The molecule has 6 heteroatoms. The van der Waals surface area contributed by atoms with Crippen LogP contribution < -0.4 is 5.32 Å². The Morgan fingerprint density at radius 2 is 1.89 bits per heavy atom. The minimum atomic E-state index is -1.09. The third kappa shape index (κ3) is 4.24. The Balaban J connectivity index is 2.77. The van der Waals surface area contributed by atoms with Crippen molar-refractivity contribution in [3.63, 3.8) is 0 Å². The summed E-state index contributed by atoms with van der Waals surface area (Å²) >= 11 is 3.00. The zero-order chi connectivity index (χ0) is 14.8. The van der Waals surface area contributed by atoms with Gasteiger partial charge in [0.05, 0.1) is 11.7 Å². The fourth-order valence-corrected chi connectivity index (χ4v) is 1.78. The highest BCUT2D eigenvalue weighted by molar-refractivity contribution is 9.10. The molecule has 3 nitrogen and oxygen atoms in total. The van der Waals surface area contributed by atoms with Gasteiger partial charge < -0.3 is 10.4 Å². The van der Waals surface area contributed by atoms with Gasteiger partial charge in [-0.15, -0.1) is 0 Å². The predicted octanol–water partition coefficient (Wildman–Crippen LogP) is 2.86. The van der Waals surface area contributed by atoms with Crippen molar-refractivity contribution in [3.05, 3.63) is 33.8 Å². The first-order chi connectivity index (χ1) is 8.62. The maximum Gasteiger partial charge on any atom is 0.252 e. The van der Waals surface area contributed by atoms with E-state index in [0.29, 0.717) is 0 Å². The molecule has 1 unspecified atom stereocenters. The zero-order valence-corrected chi connectivity index (χ0v) is 12.5. The lowest BCUT2D eigenvalue weighted by molar-refractivity contribution is 0.0586. The molecule has 1 amide bonds. The third-order valence-corrected chi connectivity index (χ3v) is 3.37. The predicted molar refractivity (Wildman–Crippen MR) is 71.9 cm³/mol. The molecule has 0 saturated heterocycles. The number of nitrogens with one attached hydrogen (secondary N) is 1. The number of halogens is 3. The molecule has 0 aliphatic carbocycles. The first-order valence-electron chi connectivity index (χ1n) is 5.73. The van der Waals surface area contributed by atoms with E-state index in [2.05, 4.69) is 21.2 Å². The van der Waals surface area contributed by atoms with Crippen molar-refractivity contribution in [1.82, 2.24) is 5.32 Å². The molecule has 106 valence electrons. The van der Waals surface area contributed by atoms with Crippen molar-refractivity contribution < 1.29 is 18.7 Å². The average molecular weight is 336 g/mol. The number of rotatable bonds is 3. The molecule has 0 aliphatic heterocycles. The highest BCUT2D eigenvalue weighted by atomic mass is 79.9. The van der Waals surface area contributed by atoms with Crippen LogP contribution in [0.3, 0.4) is 0 Å². The largest absolute Gasteiger partial charge is 0.391 e. The van der Waals surface area contributed by atoms with E-state index in [4.69, 9.17) is 0 Å². The van der Waals surface area contributed by atoms with Gasteiger partial charge in [0.1, 0.15) is 0 Å².